The van der Waals surface area contributed by atoms with Gasteiger partial charge in [-0.15, -0.1) is 0 Å². The number of rotatable bonds is 11. The fraction of sp³-hybridized carbons (Fsp3) is 0.259. The second-order valence-electron chi connectivity index (χ2n) is 7.61. The van der Waals surface area contributed by atoms with Crippen molar-refractivity contribution in [2.24, 2.45) is 5.10 Å². The highest BCUT2D eigenvalue weighted by Gasteiger charge is 2.12. The average Bonchev–Trinajstić information content (AvgIpc) is 2.84. The molecule has 6 nitrogen and oxygen atoms in total. The Kier molecular flexibility index (Phi) is 9.52. The Bertz CT molecular complexity index is 1110. The lowest BCUT2D eigenvalue weighted by atomic mass is 10.1. The van der Waals surface area contributed by atoms with Gasteiger partial charge in [-0.3, -0.25) is 4.79 Å². The van der Waals surface area contributed by atoms with Crippen molar-refractivity contribution in [3.63, 3.8) is 0 Å². The molecular weight excluding hydrogens is 496 g/mol. The maximum Gasteiger partial charge on any atom is 0.271 e. The number of aryl methyl sites for hydroxylation is 1. The van der Waals surface area contributed by atoms with Gasteiger partial charge in [0.25, 0.3) is 5.91 Å². The van der Waals surface area contributed by atoms with Gasteiger partial charge in [0.2, 0.25) is 0 Å². The molecule has 0 fully saturated rings. The fourth-order valence-electron chi connectivity index (χ4n) is 3.06. The Morgan fingerprint density at radius 1 is 1.00 bits per heavy atom. The van der Waals surface area contributed by atoms with E-state index in [1.165, 1.54) is 5.56 Å². The summed E-state index contributed by atoms with van der Waals surface area (Å²) < 4.78 is 18.1. The van der Waals surface area contributed by atoms with Gasteiger partial charge in [-0.05, 0) is 83.7 Å². The van der Waals surface area contributed by atoms with Crippen LogP contribution in [0.15, 0.2) is 70.2 Å². The predicted molar refractivity (Wildman–Crippen MR) is 138 cm³/mol. The molecule has 0 radical (unpaired) electrons. The molecule has 0 saturated carbocycles. The molecule has 1 N–H and O–H groups in total. The Hall–Kier alpha value is -3.32. The summed E-state index contributed by atoms with van der Waals surface area (Å²) in [5, 5.41) is 4.09. The van der Waals surface area contributed by atoms with Crippen LogP contribution in [-0.2, 0) is 6.61 Å². The molecular formula is C27H29BrN2O4. The summed E-state index contributed by atoms with van der Waals surface area (Å²) in [4.78, 5) is 12.4. The van der Waals surface area contributed by atoms with E-state index >= 15 is 0 Å². The van der Waals surface area contributed by atoms with Crippen LogP contribution >= 0.6 is 15.9 Å². The van der Waals surface area contributed by atoms with E-state index in [-0.39, 0.29) is 5.91 Å². The first-order chi connectivity index (χ1) is 16.5. The van der Waals surface area contributed by atoms with Gasteiger partial charge in [-0.2, -0.15) is 5.10 Å². The summed E-state index contributed by atoms with van der Waals surface area (Å²) in [5.74, 6) is 1.65. The lowest BCUT2D eigenvalue weighted by Gasteiger charge is -2.15. The Morgan fingerprint density at radius 2 is 1.74 bits per heavy atom. The third-order valence-electron chi connectivity index (χ3n) is 4.80. The van der Waals surface area contributed by atoms with Crippen molar-refractivity contribution in [2.75, 3.05) is 13.2 Å². The van der Waals surface area contributed by atoms with E-state index in [2.05, 4.69) is 45.5 Å². The van der Waals surface area contributed by atoms with Crippen LogP contribution in [0.2, 0.25) is 0 Å². The molecule has 0 atom stereocenters. The molecule has 0 spiro atoms. The van der Waals surface area contributed by atoms with Crippen LogP contribution in [0, 0.1) is 6.92 Å². The summed E-state index contributed by atoms with van der Waals surface area (Å²) in [7, 11) is 0. The topological polar surface area (TPSA) is 69.2 Å². The highest BCUT2D eigenvalue weighted by atomic mass is 79.9. The predicted octanol–water partition coefficient (Wildman–Crippen LogP) is 6.29. The summed E-state index contributed by atoms with van der Waals surface area (Å²) in [6.07, 6.45) is 2.49. The zero-order valence-corrected chi connectivity index (χ0v) is 21.2. The number of amides is 1. The first kappa shape index (κ1) is 25.3. The summed E-state index contributed by atoms with van der Waals surface area (Å²) >= 11 is 3.57. The maximum absolute atomic E-state index is 12.4. The van der Waals surface area contributed by atoms with Gasteiger partial charge in [0.1, 0.15) is 12.4 Å². The van der Waals surface area contributed by atoms with Crippen molar-refractivity contribution in [1.82, 2.24) is 5.43 Å². The zero-order chi connectivity index (χ0) is 24.3. The molecule has 7 heteroatoms. The minimum atomic E-state index is -0.305. The molecule has 3 aromatic carbocycles. The number of nitrogens with one attached hydrogen (secondary N) is 1. The van der Waals surface area contributed by atoms with Gasteiger partial charge in [0, 0.05) is 5.56 Å². The van der Waals surface area contributed by atoms with Gasteiger partial charge in [-0.25, -0.2) is 5.43 Å². The summed E-state index contributed by atoms with van der Waals surface area (Å²) in [6.45, 7) is 7.56. The molecule has 0 saturated heterocycles. The highest BCUT2D eigenvalue weighted by molar-refractivity contribution is 9.10. The third kappa shape index (κ3) is 7.35. The summed E-state index contributed by atoms with van der Waals surface area (Å²) in [5.41, 5.74) is 6.07. The number of halogens is 1. The van der Waals surface area contributed by atoms with Crippen LogP contribution in [0.3, 0.4) is 0 Å². The zero-order valence-electron chi connectivity index (χ0n) is 19.6. The molecule has 3 aromatic rings. The monoisotopic (exact) mass is 524 g/mol. The molecule has 0 unspecified atom stereocenters. The molecule has 0 bridgehead atoms. The Labute approximate surface area is 209 Å². The van der Waals surface area contributed by atoms with E-state index in [0.717, 1.165) is 27.8 Å². The number of hydrogen-bond donors (Lipinski definition) is 1. The number of nitrogens with zero attached hydrogens (tertiary/aromatic N) is 1. The van der Waals surface area contributed by atoms with Gasteiger partial charge < -0.3 is 14.2 Å². The molecule has 178 valence electrons. The van der Waals surface area contributed by atoms with Gasteiger partial charge in [-0.1, -0.05) is 36.8 Å². The van der Waals surface area contributed by atoms with Crippen molar-refractivity contribution >= 4 is 28.1 Å². The number of benzene rings is 3. The normalized spacial score (nSPS) is 10.8. The lowest BCUT2D eigenvalue weighted by molar-refractivity contribution is 0.0955. The van der Waals surface area contributed by atoms with Crippen molar-refractivity contribution in [1.29, 1.82) is 0 Å². The number of carbonyl (C=O) groups is 1. The van der Waals surface area contributed by atoms with Gasteiger partial charge in [0.15, 0.2) is 11.5 Å². The first-order valence-electron chi connectivity index (χ1n) is 11.2. The number of ether oxygens (including phenoxy) is 3. The van der Waals surface area contributed by atoms with E-state index in [1.807, 2.05) is 38.1 Å². The second kappa shape index (κ2) is 12.8. The molecule has 0 aliphatic carbocycles. The summed E-state index contributed by atoms with van der Waals surface area (Å²) in [6, 6.07) is 18.8. The molecule has 1 amide bonds. The molecule has 34 heavy (non-hydrogen) atoms. The van der Waals surface area contributed by atoms with E-state index in [0.29, 0.717) is 36.9 Å². The van der Waals surface area contributed by atoms with Crippen LogP contribution in [0.25, 0.3) is 0 Å². The van der Waals surface area contributed by atoms with Crippen molar-refractivity contribution in [3.05, 3.63) is 87.4 Å². The maximum atomic E-state index is 12.4. The van der Waals surface area contributed by atoms with Gasteiger partial charge >= 0.3 is 0 Å². The molecule has 0 heterocycles. The largest absolute Gasteiger partial charge is 0.494 e. The minimum Gasteiger partial charge on any atom is -0.494 e. The van der Waals surface area contributed by atoms with Crippen LogP contribution in [0.5, 0.6) is 17.2 Å². The van der Waals surface area contributed by atoms with Crippen LogP contribution in [0.4, 0.5) is 0 Å². The van der Waals surface area contributed by atoms with E-state index < -0.39 is 0 Å². The second-order valence-corrected chi connectivity index (χ2v) is 8.46. The fourth-order valence-corrected chi connectivity index (χ4v) is 3.63. The smallest absolute Gasteiger partial charge is 0.271 e. The number of hydrazone groups is 1. The standard InChI is InChI=1S/C27H29BrN2O4/c1-4-14-33-23-12-10-22(11-13-23)27(31)30-29-17-21-15-24(28)26(25(16-21)32-5-2)34-18-20-8-6-19(3)7-9-20/h6-13,15-17H,4-5,14,18H2,1-3H3,(H,30,31)/b29-17-. The van der Waals surface area contributed by atoms with E-state index in [9.17, 15) is 4.79 Å². The van der Waals surface area contributed by atoms with Crippen LogP contribution in [0.1, 0.15) is 47.3 Å². The number of carbonyl (C=O) groups excluding carboxylic acids is 1. The van der Waals surface area contributed by atoms with Gasteiger partial charge in [0.05, 0.1) is 23.9 Å². The van der Waals surface area contributed by atoms with E-state index in [1.54, 1.807) is 30.5 Å². The molecule has 3 rings (SSSR count). The SMILES string of the molecule is CCCOc1ccc(C(=O)N/N=C\c2cc(Br)c(OCc3ccc(C)cc3)c(OCC)c2)cc1. The third-order valence-corrected chi connectivity index (χ3v) is 5.39. The molecule has 0 aliphatic rings. The Balaban J connectivity index is 1.65. The van der Waals surface area contributed by atoms with Crippen molar-refractivity contribution in [3.8, 4) is 17.2 Å². The van der Waals surface area contributed by atoms with Crippen LogP contribution < -0.4 is 19.6 Å². The van der Waals surface area contributed by atoms with E-state index in [4.69, 9.17) is 14.2 Å². The quantitative estimate of drug-likeness (QED) is 0.236. The molecule has 0 aromatic heterocycles. The molecule has 0 aliphatic heterocycles. The average molecular weight is 525 g/mol. The van der Waals surface area contributed by atoms with Crippen molar-refractivity contribution in [2.45, 2.75) is 33.8 Å². The van der Waals surface area contributed by atoms with Crippen LogP contribution in [-0.4, -0.2) is 25.3 Å². The van der Waals surface area contributed by atoms with Crippen molar-refractivity contribution < 1.29 is 19.0 Å². The lowest BCUT2D eigenvalue weighted by Crippen LogP contribution is -2.17. The first-order valence-corrected chi connectivity index (χ1v) is 12.0. The Morgan fingerprint density at radius 3 is 2.41 bits per heavy atom. The number of hydrogen-bond acceptors (Lipinski definition) is 5. The highest BCUT2D eigenvalue weighted by Crippen LogP contribution is 2.37. The minimum absolute atomic E-state index is 0.305.